The van der Waals surface area contributed by atoms with Crippen LogP contribution >= 0.6 is 0 Å². The number of methoxy groups -OCH3 is 1. The third-order valence-electron chi connectivity index (χ3n) is 4.16. The van der Waals surface area contributed by atoms with Gasteiger partial charge in [0, 0.05) is 13.7 Å². The Kier molecular flexibility index (Phi) is 4.43. The van der Waals surface area contributed by atoms with Crippen molar-refractivity contribution in [3.8, 4) is 0 Å². The average Bonchev–Trinajstić information content (AvgIpc) is 3.09. The average molecular weight is 313 g/mol. The van der Waals surface area contributed by atoms with Crippen molar-refractivity contribution in [2.45, 2.75) is 17.9 Å². The maximum absolute atomic E-state index is 11.2. The van der Waals surface area contributed by atoms with Gasteiger partial charge in [-0.3, -0.25) is 5.32 Å². The summed E-state index contributed by atoms with van der Waals surface area (Å²) in [5, 5.41) is 12.4. The molecule has 3 rings (SSSR count). The Balaban J connectivity index is 2.09. The molecule has 2 aromatic carbocycles. The lowest BCUT2D eigenvalue weighted by Gasteiger charge is -2.38. The SMILES string of the molecule is COC(c1ccccc1)(c1ccccc1)C1NC[C@H](C(=O)O)O1. The molecule has 23 heavy (non-hydrogen) atoms. The molecule has 5 heteroatoms. The highest BCUT2D eigenvalue weighted by molar-refractivity contribution is 5.73. The molecular formula is C18H19NO4. The molecule has 2 N–H and O–H groups in total. The number of carboxylic acids is 1. The van der Waals surface area contributed by atoms with E-state index in [0.717, 1.165) is 11.1 Å². The van der Waals surface area contributed by atoms with Gasteiger partial charge in [-0.25, -0.2) is 4.79 Å². The molecule has 5 nitrogen and oxygen atoms in total. The van der Waals surface area contributed by atoms with Crippen LogP contribution in [0.25, 0.3) is 0 Å². The van der Waals surface area contributed by atoms with E-state index in [1.54, 1.807) is 7.11 Å². The van der Waals surface area contributed by atoms with E-state index < -0.39 is 23.9 Å². The van der Waals surface area contributed by atoms with Gasteiger partial charge in [0.2, 0.25) is 0 Å². The first kappa shape index (κ1) is 15.7. The number of benzene rings is 2. The van der Waals surface area contributed by atoms with Crippen LogP contribution in [0, 0.1) is 0 Å². The van der Waals surface area contributed by atoms with Gasteiger partial charge in [0.05, 0.1) is 0 Å². The predicted molar refractivity (Wildman–Crippen MR) is 85.0 cm³/mol. The Morgan fingerprint density at radius 3 is 2.04 bits per heavy atom. The van der Waals surface area contributed by atoms with Crippen LogP contribution in [0.4, 0.5) is 0 Å². The number of hydrogen-bond acceptors (Lipinski definition) is 4. The standard InChI is InChI=1S/C18H19NO4/c1-22-18(13-8-4-2-5-9-13,14-10-6-3-7-11-14)17-19-12-15(23-17)16(20)21/h2-11,15,17,19H,12H2,1H3,(H,20,21)/t15-,17?/m1/s1. The van der Waals surface area contributed by atoms with Crippen LogP contribution in [0.15, 0.2) is 60.7 Å². The van der Waals surface area contributed by atoms with Crippen LogP contribution in [0.3, 0.4) is 0 Å². The Morgan fingerprint density at radius 2 is 1.65 bits per heavy atom. The zero-order chi connectivity index (χ0) is 16.3. The molecule has 2 atom stereocenters. The lowest BCUT2D eigenvalue weighted by atomic mass is 9.84. The molecule has 0 aliphatic carbocycles. The van der Waals surface area contributed by atoms with E-state index in [1.807, 2.05) is 60.7 Å². The van der Waals surface area contributed by atoms with E-state index in [-0.39, 0.29) is 6.54 Å². The fourth-order valence-corrected chi connectivity index (χ4v) is 3.04. The molecule has 1 fully saturated rings. The van der Waals surface area contributed by atoms with Crippen molar-refractivity contribution in [3.05, 3.63) is 71.8 Å². The van der Waals surface area contributed by atoms with Crippen molar-refractivity contribution in [2.24, 2.45) is 0 Å². The van der Waals surface area contributed by atoms with Gasteiger partial charge >= 0.3 is 5.97 Å². The lowest BCUT2D eigenvalue weighted by molar-refractivity contribution is -0.158. The minimum absolute atomic E-state index is 0.241. The Bertz CT molecular complexity index is 620. The van der Waals surface area contributed by atoms with Crippen molar-refractivity contribution >= 4 is 5.97 Å². The third kappa shape index (κ3) is 2.74. The van der Waals surface area contributed by atoms with Gasteiger partial charge in [0.15, 0.2) is 11.7 Å². The Morgan fingerprint density at radius 1 is 1.13 bits per heavy atom. The zero-order valence-electron chi connectivity index (χ0n) is 12.8. The Hall–Kier alpha value is -2.21. The minimum Gasteiger partial charge on any atom is -0.479 e. The number of ether oxygens (including phenoxy) is 2. The summed E-state index contributed by atoms with van der Waals surface area (Å²) in [6, 6.07) is 19.4. The fourth-order valence-electron chi connectivity index (χ4n) is 3.04. The number of hydrogen-bond donors (Lipinski definition) is 2. The molecule has 1 aliphatic rings. The highest BCUT2D eigenvalue weighted by Crippen LogP contribution is 2.38. The largest absolute Gasteiger partial charge is 0.479 e. The van der Waals surface area contributed by atoms with Crippen molar-refractivity contribution in [1.29, 1.82) is 0 Å². The number of carboxylic acid groups (broad SMARTS) is 1. The molecular weight excluding hydrogens is 294 g/mol. The van der Waals surface area contributed by atoms with Crippen LogP contribution in [-0.2, 0) is 19.9 Å². The van der Waals surface area contributed by atoms with Gasteiger partial charge in [-0.05, 0) is 11.1 Å². The molecule has 120 valence electrons. The topological polar surface area (TPSA) is 67.8 Å². The monoisotopic (exact) mass is 313 g/mol. The van der Waals surface area contributed by atoms with Gasteiger partial charge in [0.25, 0.3) is 0 Å². The van der Waals surface area contributed by atoms with Gasteiger partial charge in [-0.2, -0.15) is 0 Å². The summed E-state index contributed by atoms with van der Waals surface area (Å²) in [4.78, 5) is 11.2. The second kappa shape index (κ2) is 6.50. The molecule has 0 spiro atoms. The van der Waals surface area contributed by atoms with Crippen LogP contribution in [0.5, 0.6) is 0 Å². The zero-order valence-corrected chi connectivity index (χ0v) is 12.8. The van der Waals surface area contributed by atoms with E-state index in [1.165, 1.54) is 0 Å². The highest BCUT2D eigenvalue weighted by atomic mass is 16.6. The van der Waals surface area contributed by atoms with E-state index >= 15 is 0 Å². The van der Waals surface area contributed by atoms with Crippen molar-refractivity contribution < 1.29 is 19.4 Å². The summed E-state index contributed by atoms with van der Waals surface area (Å²) in [5.74, 6) is -0.980. The maximum Gasteiger partial charge on any atom is 0.334 e. The first-order valence-corrected chi connectivity index (χ1v) is 7.46. The van der Waals surface area contributed by atoms with Crippen molar-refractivity contribution in [1.82, 2.24) is 5.32 Å². The van der Waals surface area contributed by atoms with E-state index in [2.05, 4.69) is 5.32 Å². The molecule has 0 aromatic heterocycles. The second-order valence-electron chi connectivity index (χ2n) is 5.42. The van der Waals surface area contributed by atoms with E-state index in [0.29, 0.717) is 0 Å². The minimum atomic E-state index is -0.980. The summed E-state index contributed by atoms with van der Waals surface area (Å²) >= 11 is 0. The first-order valence-electron chi connectivity index (χ1n) is 7.46. The summed E-state index contributed by atoms with van der Waals surface area (Å²) in [7, 11) is 1.61. The normalized spacial score (nSPS) is 21.3. The number of aliphatic carboxylic acids is 1. The van der Waals surface area contributed by atoms with Gasteiger partial charge in [0.1, 0.15) is 6.23 Å². The molecule has 1 aliphatic heterocycles. The summed E-state index contributed by atoms with van der Waals surface area (Å²) < 4.78 is 11.7. The van der Waals surface area contributed by atoms with Crippen molar-refractivity contribution in [2.75, 3.05) is 13.7 Å². The van der Waals surface area contributed by atoms with Crippen LogP contribution < -0.4 is 5.32 Å². The van der Waals surface area contributed by atoms with Crippen LogP contribution in [-0.4, -0.2) is 37.1 Å². The quantitative estimate of drug-likeness (QED) is 0.883. The summed E-state index contributed by atoms with van der Waals surface area (Å²) in [6.07, 6.45) is -1.49. The second-order valence-corrected chi connectivity index (χ2v) is 5.42. The molecule has 0 amide bonds. The lowest BCUT2D eigenvalue weighted by Crippen LogP contribution is -2.48. The van der Waals surface area contributed by atoms with Crippen LogP contribution in [0.2, 0.25) is 0 Å². The molecule has 0 saturated carbocycles. The first-order chi connectivity index (χ1) is 11.2. The smallest absolute Gasteiger partial charge is 0.334 e. The summed E-state index contributed by atoms with van der Waals surface area (Å²) in [6.45, 7) is 0.241. The number of nitrogens with one attached hydrogen (secondary N) is 1. The van der Waals surface area contributed by atoms with Gasteiger partial charge in [-0.15, -0.1) is 0 Å². The predicted octanol–water partition coefficient (Wildman–Crippen LogP) is 1.98. The third-order valence-corrected chi connectivity index (χ3v) is 4.16. The van der Waals surface area contributed by atoms with Gasteiger partial charge < -0.3 is 14.6 Å². The molecule has 2 aromatic rings. The van der Waals surface area contributed by atoms with E-state index in [9.17, 15) is 9.90 Å². The molecule has 1 unspecified atom stereocenters. The molecule has 0 radical (unpaired) electrons. The Labute approximate surface area is 134 Å². The molecule has 1 heterocycles. The number of carbonyl (C=O) groups is 1. The molecule has 1 saturated heterocycles. The van der Waals surface area contributed by atoms with Gasteiger partial charge in [-0.1, -0.05) is 60.7 Å². The fraction of sp³-hybridized carbons (Fsp3) is 0.278. The number of rotatable bonds is 5. The van der Waals surface area contributed by atoms with Crippen LogP contribution in [0.1, 0.15) is 11.1 Å². The van der Waals surface area contributed by atoms with E-state index in [4.69, 9.17) is 9.47 Å². The molecule has 0 bridgehead atoms. The van der Waals surface area contributed by atoms with Crippen molar-refractivity contribution in [3.63, 3.8) is 0 Å². The highest BCUT2D eigenvalue weighted by Gasteiger charge is 2.48. The maximum atomic E-state index is 11.2. The summed E-state index contributed by atoms with van der Waals surface area (Å²) in [5.41, 5.74) is 0.877.